The second kappa shape index (κ2) is 5.25. The van der Waals surface area contributed by atoms with Crippen LogP contribution >= 0.6 is 11.8 Å². The fourth-order valence-electron chi connectivity index (χ4n) is 2.39. The van der Waals surface area contributed by atoms with Crippen LogP contribution in [-0.2, 0) is 0 Å². The molecule has 0 aliphatic carbocycles. The van der Waals surface area contributed by atoms with Crippen molar-refractivity contribution in [1.82, 2.24) is 14.9 Å². The van der Waals surface area contributed by atoms with Crippen molar-refractivity contribution in [3.8, 4) is 0 Å². The van der Waals surface area contributed by atoms with E-state index in [0.717, 1.165) is 36.3 Å². The van der Waals surface area contributed by atoms with Crippen molar-refractivity contribution in [2.75, 3.05) is 18.8 Å². The highest BCUT2D eigenvalue weighted by molar-refractivity contribution is 8.00. The summed E-state index contributed by atoms with van der Waals surface area (Å²) in [4.78, 5) is 21.8. The molecule has 0 radical (unpaired) electrons. The molecule has 1 aliphatic heterocycles. The smallest absolute Gasteiger partial charge is 0.270 e. The minimum atomic E-state index is 0.0942. The molecule has 4 nitrogen and oxygen atoms in total. The van der Waals surface area contributed by atoms with Crippen LogP contribution < -0.4 is 0 Å². The Morgan fingerprint density at radius 1 is 1.63 bits per heavy atom. The van der Waals surface area contributed by atoms with Gasteiger partial charge in [-0.3, -0.25) is 4.79 Å². The van der Waals surface area contributed by atoms with Crippen LogP contribution in [0.25, 0.3) is 11.0 Å². The molecule has 1 unspecified atom stereocenters. The summed E-state index contributed by atoms with van der Waals surface area (Å²) < 4.78 is 0. The molecule has 0 bridgehead atoms. The third-order valence-electron chi connectivity index (χ3n) is 3.50. The van der Waals surface area contributed by atoms with Crippen molar-refractivity contribution in [1.29, 1.82) is 0 Å². The first-order valence-corrected chi connectivity index (χ1v) is 7.67. The molecule has 0 aromatic carbocycles. The van der Waals surface area contributed by atoms with Crippen LogP contribution in [0.4, 0.5) is 0 Å². The van der Waals surface area contributed by atoms with Crippen molar-refractivity contribution in [2.45, 2.75) is 18.6 Å². The van der Waals surface area contributed by atoms with E-state index in [4.69, 9.17) is 0 Å². The summed E-state index contributed by atoms with van der Waals surface area (Å²) in [7, 11) is 0. The third kappa shape index (κ3) is 2.47. The monoisotopic (exact) mass is 275 g/mol. The zero-order chi connectivity index (χ0) is 13.2. The minimum absolute atomic E-state index is 0.0942. The Hall–Kier alpha value is -1.49. The van der Waals surface area contributed by atoms with E-state index in [2.05, 4.69) is 16.9 Å². The highest BCUT2D eigenvalue weighted by Gasteiger charge is 2.24. The standard InChI is InChI=1S/C14H17N3OS/c1-2-11-9-17(6-7-19-11)14(18)12-8-10-4-3-5-15-13(10)16-12/h3-5,8,11H,2,6-7,9H2,1H3,(H,15,16). The molecule has 1 amide bonds. The molecule has 2 aromatic heterocycles. The van der Waals surface area contributed by atoms with E-state index < -0.39 is 0 Å². The number of amides is 1. The Kier molecular flexibility index (Phi) is 3.46. The van der Waals surface area contributed by atoms with Gasteiger partial charge in [0.05, 0.1) is 0 Å². The van der Waals surface area contributed by atoms with Crippen LogP contribution in [0.3, 0.4) is 0 Å². The van der Waals surface area contributed by atoms with Crippen LogP contribution in [0.1, 0.15) is 23.8 Å². The van der Waals surface area contributed by atoms with Crippen molar-refractivity contribution >= 4 is 28.7 Å². The second-order valence-electron chi connectivity index (χ2n) is 4.78. The van der Waals surface area contributed by atoms with E-state index in [1.165, 1.54) is 0 Å². The van der Waals surface area contributed by atoms with Gasteiger partial charge < -0.3 is 9.88 Å². The largest absolute Gasteiger partial charge is 0.335 e. The van der Waals surface area contributed by atoms with Gasteiger partial charge in [-0.1, -0.05) is 6.92 Å². The fraction of sp³-hybridized carbons (Fsp3) is 0.429. The van der Waals surface area contributed by atoms with Gasteiger partial charge in [0, 0.05) is 35.7 Å². The zero-order valence-electron chi connectivity index (χ0n) is 10.9. The highest BCUT2D eigenvalue weighted by Crippen LogP contribution is 2.23. The summed E-state index contributed by atoms with van der Waals surface area (Å²) in [6.45, 7) is 3.87. The number of hydrogen-bond donors (Lipinski definition) is 1. The molecule has 3 rings (SSSR count). The number of aromatic nitrogens is 2. The van der Waals surface area contributed by atoms with E-state index in [9.17, 15) is 4.79 Å². The number of thioether (sulfide) groups is 1. The summed E-state index contributed by atoms with van der Waals surface area (Å²) >= 11 is 1.97. The zero-order valence-corrected chi connectivity index (χ0v) is 11.7. The van der Waals surface area contributed by atoms with Crippen molar-refractivity contribution < 1.29 is 4.79 Å². The molecule has 1 saturated heterocycles. The lowest BCUT2D eigenvalue weighted by molar-refractivity contribution is 0.0756. The molecule has 1 fully saturated rings. The summed E-state index contributed by atoms with van der Waals surface area (Å²) in [5, 5.41) is 1.56. The first-order chi connectivity index (χ1) is 9.28. The van der Waals surface area contributed by atoms with Crippen molar-refractivity contribution in [2.24, 2.45) is 0 Å². The maximum atomic E-state index is 12.5. The average molecular weight is 275 g/mol. The quantitative estimate of drug-likeness (QED) is 0.916. The van der Waals surface area contributed by atoms with Gasteiger partial charge in [0.15, 0.2) is 0 Å². The molecule has 0 saturated carbocycles. The Labute approximate surface area is 116 Å². The number of hydrogen-bond acceptors (Lipinski definition) is 3. The number of carbonyl (C=O) groups is 1. The number of rotatable bonds is 2. The highest BCUT2D eigenvalue weighted by atomic mass is 32.2. The number of H-pyrrole nitrogens is 1. The summed E-state index contributed by atoms with van der Waals surface area (Å²) in [6.07, 6.45) is 2.85. The lowest BCUT2D eigenvalue weighted by atomic mass is 10.2. The molecule has 1 aliphatic rings. The number of aromatic amines is 1. The lowest BCUT2D eigenvalue weighted by Gasteiger charge is -2.31. The van der Waals surface area contributed by atoms with Gasteiger partial charge >= 0.3 is 0 Å². The van der Waals surface area contributed by atoms with E-state index >= 15 is 0 Å². The second-order valence-corrected chi connectivity index (χ2v) is 6.18. The van der Waals surface area contributed by atoms with Gasteiger partial charge in [-0.25, -0.2) is 4.98 Å². The van der Waals surface area contributed by atoms with Crippen LogP contribution in [0.5, 0.6) is 0 Å². The Morgan fingerprint density at radius 2 is 2.53 bits per heavy atom. The summed E-state index contributed by atoms with van der Waals surface area (Å²) in [5.74, 6) is 1.12. The number of fused-ring (bicyclic) bond motifs is 1. The molecule has 3 heterocycles. The van der Waals surface area contributed by atoms with Crippen LogP contribution in [0.15, 0.2) is 24.4 Å². The van der Waals surface area contributed by atoms with Crippen molar-refractivity contribution in [3.05, 3.63) is 30.1 Å². The summed E-state index contributed by atoms with van der Waals surface area (Å²) in [6, 6.07) is 5.75. The number of nitrogens with zero attached hydrogens (tertiary/aromatic N) is 2. The van der Waals surface area contributed by atoms with E-state index in [-0.39, 0.29) is 5.91 Å². The molecule has 100 valence electrons. The first kappa shape index (κ1) is 12.5. The van der Waals surface area contributed by atoms with Gasteiger partial charge in [-0.05, 0) is 24.6 Å². The first-order valence-electron chi connectivity index (χ1n) is 6.62. The van der Waals surface area contributed by atoms with E-state index in [1.807, 2.05) is 34.9 Å². The van der Waals surface area contributed by atoms with Gasteiger partial charge in [0.25, 0.3) is 5.91 Å². The van der Waals surface area contributed by atoms with Crippen LogP contribution in [0.2, 0.25) is 0 Å². The van der Waals surface area contributed by atoms with Crippen molar-refractivity contribution in [3.63, 3.8) is 0 Å². The SMILES string of the molecule is CCC1CN(C(=O)c2cc3cccnc3[nH]2)CCS1. The maximum Gasteiger partial charge on any atom is 0.270 e. The van der Waals surface area contributed by atoms with Crippen LogP contribution in [0, 0.1) is 0 Å². The molecule has 2 aromatic rings. The van der Waals surface area contributed by atoms with Gasteiger partial charge in [-0.15, -0.1) is 0 Å². The van der Waals surface area contributed by atoms with Gasteiger partial charge in [-0.2, -0.15) is 11.8 Å². The molecule has 1 N–H and O–H groups in total. The molecular weight excluding hydrogens is 258 g/mol. The predicted molar refractivity (Wildman–Crippen MR) is 78.5 cm³/mol. The number of pyridine rings is 1. The normalized spacial score (nSPS) is 19.8. The topological polar surface area (TPSA) is 49.0 Å². The lowest BCUT2D eigenvalue weighted by Crippen LogP contribution is -2.41. The molecule has 5 heteroatoms. The van der Waals surface area contributed by atoms with E-state index in [1.54, 1.807) is 6.20 Å². The number of nitrogens with one attached hydrogen (secondary N) is 1. The minimum Gasteiger partial charge on any atom is -0.335 e. The Bertz CT molecular complexity index is 562. The maximum absolute atomic E-state index is 12.5. The predicted octanol–water partition coefficient (Wildman–Crippen LogP) is 2.53. The average Bonchev–Trinajstić information content (AvgIpc) is 2.90. The van der Waals surface area contributed by atoms with Gasteiger partial charge in [0.2, 0.25) is 0 Å². The third-order valence-corrected chi connectivity index (χ3v) is 4.88. The Balaban J connectivity index is 1.82. The van der Waals surface area contributed by atoms with Crippen LogP contribution in [-0.4, -0.2) is 44.9 Å². The van der Waals surface area contributed by atoms with E-state index in [0.29, 0.717) is 10.9 Å². The summed E-state index contributed by atoms with van der Waals surface area (Å²) in [5.41, 5.74) is 1.43. The molecule has 19 heavy (non-hydrogen) atoms. The fourth-order valence-corrected chi connectivity index (χ4v) is 3.57. The molecule has 1 atom stereocenters. The van der Waals surface area contributed by atoms with Gasteiger partial charge in [0.1, 0.15) is 11.3 Å². The Morgan fingerprint density at radius 3 is 3.32 bits per heavy atom. The number of carbonyl (C=O) groups excluding carboxylic acids is 1. The molecule has 0 spiro atoms. The molecular formula is C14H17N3OS.